The summed E-state index contributed by atoms with van der Waals surface area (Å²) in [4.78, 5) is 15.2. The second kappa shape index (κ2) is 9.45. The van der Waals surface area contributed by atoms with E-state index in [-0.39, 0.29) is 12.2 Å². The molecule has 3 atom stereocenters. The fourth-order valence-corrected chi connectivity index (χ4v) is 2.44. The van der Waals surface area contributed by atoms with E-state index in [1.54, 1.807) is 35.8 Å². The van der Waals surface area contributed by atoms with Crippen LogP contribution < -0.4 is 11.1 Å². The third-order valence-electron chi connectivity index (χ3n) is 4.02. The highest BCUT2D eigenvalue weighted by molar-refractivity contribution is 5.79. The lowest BCUT2D eigenvalue weighted by molar-refractivity contribution is -0.133. The molecule has 1 aromatic heterocycles. The molecule has 0 radical (unpaired) electrons. The summed E-state index contributed by atoms with van der Waals surface area (Å²) in [6.45, 7) is -1.42. The molecular weight excluding hydrogens is 363 g/mol. The zero-order valence-corrected chi connectivity index (χ0v) is 14.2. The molecule has 0 aliphatic rings. The van der Waals surface area contributed by atoms with Crippen molar-refractivity contribution in [3.63, 3.8) is 0 Å². The number of carbonyl (C=O) groups is 1. The highest BCUT2D eigenvalue weighted by Gasteiger charge is 2.26. The molecular formula is C18H20F3N3O3. The predicted octanol–water partition coefficient (Wildman–Crippen LogP) is 1.49. The number of nitrogens with two attached hydrogens (primary N) is 1. The number of hydrogen-bond acceptors (Lipinski definition) is 5. The average molecular weight is 383 g/mol. The van der Waals surface area contributed by atoms with Gasteiger partial charge in [0.1, 0.15) is 12.8 Å². The van der Waals surface area contributed by atoms with Crippen LogP contribution in [0.25, 0.3) is 11.1 Å². The maximum Gasteiger partial charge on any atom is 0.315 e. The van der Waals surface area contributed by atoms with Gasteiger partial charge in [0.15, 0.2) is 0 Å². The molecule has 0 saturated carbocycles. The zero-order valence-electron chi connectivity index (χ0n) is 14.2. The van der Waals surface area contributed by atoms with Crippen LogP contribution in [-0.4, -0.2) is 46.9 Å². The molecule has 146 valence electrons. The van der Waals surface area contributed by atoms with Gasteiger partial charge in [0, 0.05) is 11.8 Å². The summed E-state index contributed by atoms with van der Waals surface area (Å²) in [6.07, 6.45) is -3.19. The Bertz CT molecular complexity index is 742. The minimum atomic E-state index is -3.29. The first kappa shape index (κ1) is 20.8. The quantitative estimate of drug-likeness (QED) is 0.552. The van der Waals surface area contributed by atoms with E-state index < -0.39 is 37.2 Å². The molecule has 0 saturated heterocycles. The van der Waals surface area contributed by atoms with Crippen molar-refractivity contribution in [3.05, 3.63) is 53.9 Å². The van der Waals surface area contributed by atoms with Crippen LogP contribution in [0.1, 0.15) is 23.4 Å². The number of aliphatic hydroxyl groups is 2. The van der Waals surface area contributed by atoms with E-state index in [2.05, 4.69) is 4.98 Å². The van der Waals surface area contributed by atoms with Crippen LogP contribution in [0.5, 0.6) is 0 Å². The highest BCUT2D eigenvalue weighted by Crippen LogP contribution is 2.24. The summed E-state index contributed by atoms with van der Waals surface area (Å²) in [5, 5.41) is 20.9. The van der Waals surface area contributed by atoms with Gasteiger partial charge in [0.25, 0.3) is 5.91 Å². The lowest BCUT2D eigenvalue weighted by Crippen LogP contribution is -2.43. The van der Waals surface area contributed by atoms with Crippen molar-refractivity contribution in [1.82, 2.24) is 10.3 Å². The number of alkyl halides is 3. The van der Waals surface area contributed by atoms with Crippen LogP contribution >= 0.6 is 0 Å². The number of carbonyl (C=O) groups excluding carboxylic acids is 1. The van der Waals surface area contributed by atoms with E-state index in [4.69, 9.17) is 10.8 Å². The molecule has 1 aromatic carbocycles. The molecule has 0 aliphatic carbocycles. The molecule has 0 bridgehead atoms. The van der Waals surface area contributed by atoms with E-state index in [9.17, 15) is 23.1 Å². The zero-order chi connectivity index (χ0) is 20.0. The van der Waals surface area contributed by atoms with Gasteiger partial charge >= 0.3 is 6.43 Å². The summed E-state index contributed by atoms with van der Waals surface area (Å²) < 4.78 is 37.6. The molecule has 2 aromatic rings. The average Bonchev–Trinajstić information content (AvgIpc) is 2.70. The van der Waals surface area contributed by atoms with Gasteiger partial charge in [0.05, 0.1) is 24.4 Å². The van der Waals surface area contributed by atoms with Crippen molar-refractivity contribution in [2.45, 2.75) is 24.6 Å². The molecule has 0 aliphatic heterocycles. The molecule has 27 heavy (non-hydrogen) atoms. The number of benzene rings is 1. The highest BCUT2D eigenvalue weighted by atomic mass is 19.3. The number of pyridine rings is 1. The van der Waals surface area contributed by atoms with Crippen molar-refractivity contribution in [1.29, 1.82) is 0 Å². The molecule has 2 rings (SSSR count). The first-order valence-corrected chi connectivity index (χ1v) is 8.12. The number of halogens is 3. The SMILES string of the molecule is N[C@H](CO)c1ccc(-c2ccc([C@@H](O)[C@@H](CF)NC(=O)C(F)F)cc2)cn1. The smallest absolute Gasteiger partial charge is 0.315 e. The summed E-state index contributed by atoms with van der Waals surface area (Å²) in [5.74, 6) is -1.64. The largest absolute Gasteiger partial charge is 0.394 e. The first-order chi connectivity index (χ1) is 12.9. The predicted molar refractivity (Wildman–Crippen MR) is 92.6 cm³/mol. The van der Waals surface area contributed by atoms with E-state index in [0.29, 0.717) is 5.69 Å². The Hall–Kier alpha value is -2.49. The second-order valence-corrected chi connectivity index (χ2v) is 5.90. The van der Waals surface area contributed by atoms with Gasteiger partial charge in [-0.05, 0) is 17.2 Å². The Morgan fingerprint density at radius 2 is 1.78 bits per heavy atom. The van der Waals surface area contributed by atoms with Crippen molar-refractivity contribution in [2.24, 2.45) is 5.73 Å². The fourth-order valence-electron chi connectivity index (χ4n) is 2.44. The van der Waals surface area contributed by atoms with E-state index in [1.165, 1.54) is 12.1 Å². The Labute approximate surface area is 153 Å². The normalized spacial score (nSPS) is 14.6. The second-order valence-electron chi connectivity index (χ2n) is 5.90. The van der Waals surface area contributed by atoms with E-state index in [0.717, 1.165) is 11.1 Å². The summed E-state index contributed by atoms with van der Waals surface area (Å²) in [5.41, 5.74) is 7.98. The van der Waals surface area contributed by atoms with Crippen LogP contribution in [0.15, 0.2) is 42.6 Å². The number of aliphatic hydroxyl groups excluding tert-OH is 2. The van der Waals surface area contributed by atoms with Gasteiger partial charge in [-0.3, -0.25) is 9.78 Å². The molecule has 9 heteroatoms. The van der Waals surface area contributed by atoms with Crippen LogP contribution in [0.2, 0.25) is 0 Å². The number of aromatic nitrogens is 1. The molecule has 0 fully saturated rings. The van der Waals surface area contributed by atoms with E-state index >= 15 is 0 Å². The van der Waals surface area contributed by atoms with Crippen molar-refractivity contribution >= 4 is 5.91 Å². The van der Waals surface area contributed by atoms with E-state index in [1.807, 2.05) is 0 Å². The van der Waals surface area contributed by atoms with Gasteiger partial charge < -0.3 is 21.3 Å². The van der Waals surface area contributed by atoms with Crippen LogP contribution in [0, 0.1) is 0 Å². The number of nitrogens with zero attached hydrogens (tertiary/aromatic N) is 1. The van der Waals surface area contributed by atoms with Crippen molar-refractivity contribution in [2.75, 3.05) is 13.3 Å². The maximum atomic E-state index is 13.0. The Balaban J connectivity index is 2.12. The van der Waals surface area contributed by atoms with Gasteiger partial charge in [0.2, 0.25) is 0 Å². The van der Waals surface area contributed by atoms with Gasteiger partial charge in [-0.2, -0.15) is 8.78 Å². The molecule has 0 unspecified atom stereocenters. The Kier molecular flexibility index (Phi) is 7.28. The number of hydrogen-bond donors (Lipinski definition) is 4. The Morgan fingerprint density at radius 3 is 2.26 bits per heavy atom. The summed E-state index contributed by atoms with van der Waals surface area (Å²) in [7, 11) is 0. The molecule has 0 spiro atoms. The number of nitrogens with one attached hydrogen (secondary N) is 1. The lowest BCUT2D eigenvalue weighted by Gasteiger charge is -2.22. The molecule has 6 nitrogen and oxygen atoms in total. The van der Waals surface area contributed by atoms with Gasteiger partial charge in [-0.15, -0.1) is 0 Å². The van der Waals surface area contributed by atoms with Gasteiger partial charge in [-0.1, -0.05) is 30.3 Å². The number of rotatable bonds is 8. The molecule has 1 amide bonds. The summed E-state index contributed by atoms with van der Waals surface area (Å²) in [6, 6.07) is 7.69. The van der Waals surface area contributed by atoms with Crippen molar-refractivity contribution in [3.8, 4) is 11.1 Å². The topological polar surface area (TPSA) is 108 Å². The molecule has 5 N–H and O–H groups in total. The lowest BCUT2D eigenvalue weighted by atomic mass is 9.99. The van der Waals surface area contributed by atoms with Crippen LogP contribution in [0.4, 0.5) is 13.2 Å². The number of amides is 1. The van der Waals surface area contributed by atoms with Crippen LogP contribution in [0.3, 0.4) is 0 Å². The molecule has 1 heterocycles. The van der Waals surface area contributed by atoms with Gasteiger partial charge in [-0.25, -0.2) is 4.39 Å². The minimum Gasteiger partial charge on any atom is -0.394 e. The first-order valence-electron chi connectivity index (χ1n) is 8.12. The fraction of sp³-hybridized carbons (Fsp3) is 0.333. The standard InChI is InChI=1S/C18H20F3N3O3/c19-7-15(24-18(27)17(20)21)16(26)11-3-1-10(2-4-11)12-5-6-14(23-8-12)13(22)9-25/h1-6,8,13,15-17,25-26H,7,9,22H2,(H,24,27)/t13-,15-,16-/m1/s1. The summed E-state index contributed by atoms with van der Waals surface area (Å²) >= 11 is 0. The van der Waals surface area contributed by atoms with Crippen LogP contribution in [-0.2, 0) is 4.79 Å². The monoisotopic (exact) mass is 383 g/mol. The Morgan fingerprint density at radius 1 is 1.15 bits per heavy atom. The third-order valence-corrected chi connectivity index (χ3v) is 4.02. The van der Waals surface area contributed by atoms with Crippen molar-refractivity contribution < 1.29 is 28.2 Å². The third kappa shape index (κ3) is 5.25. The minimum absolute atomic E-state index is 0.225. The maximum absolute atomic E-state index is 13.0.